The van der Waals surface area contributed by atoms with E-state index in [4.69, 9.17) is 4.74 Å². The summed E-state index contributed by atoms with van der Waals surface area (Å²) in [5.74, 6) is 1.33. The van der Waals surface area contributed by atoms with E-state index < -0.39 is 0 Å². The van der Waals surface area contributed by atoms with Crippen molar-refractivity contribution in [2.24, 2.45) is 17.3 Å². The minimum atomic E-state index is -0.176. The Kier molecular flexibility index (Phi) is 7.66. The lowest BCUT2D eigenvalue weighted by Crippen LogP contribution is -2.51. The monoisotopic (exact) mass is 299 g/mol. The number of methoxy groups -OCH3 is 1. The topological polar surface area (TPSA) is 32.7 Å². The highest BCUT2D eigenvalue weighted by molar-refractivity contribution is 4.92. The molecular weight excluding hydrogens is 262 g/mol. The molecule has 0 amide bonds. The van der Waals surface area contributed by atoms with Gasteiger partial charge in [0.1, 0.15) is 0 Å². The average Bonchev–Trinajstić information content (AvgIpc) is 2.43. The molecule has 0 saturated heterocycles. The van der Waals surface area contributed by atoms with E-state index in [9.17, 15) is 5.11 Å². The van der Waals surface area contributed by atoms with Gasteiger partial charge in [-0.2, -0.15) is 0 Å². The van der Waals surface area contributed by atoms with Gasteiger partial charge in [-0.1, -0.05) is 41.0 Å². The van der Waals surface area contributed by atoms with Crippen molar-refractivity contribution < 1.29 is 9.84 Å². The lowest BCUT2D eigenvalue weighted by molar-refractivity contribution is -0.0308. The molecule has 0 radical (unpaired) electrons. The number of hydrogen-bond donors (Lipinski definition) is 1. The van der Waals surface area contributed by atoms with Crippen LogP contribution in [0.3, 0.4) is 0 Å². The zero-order chi connectivity index (χ0) is 16.0. The fourth-order valence-corrected chi connectivity index (χ4v) is 3.59. The minimum absolute atomic E-state index is 0.176. The first kappa shape index (κ1) is 18.9. The molecule has 21 heavy (non-hydrogen) atoms. The van der Waals surface area contributed by atoms with E-state index in [2.05, 4.69) is 39.5 Å². The van der Waals surface area contributed by atoms with Crippen LogP contribution in [0.1, 0.15) is 60.3 Å². The van der Waals surface area contributed by atoms with Crippen molar-refractivity contribution in [1.82, 2.24) is 4.90 Å². The van der Waals surface area contributed by atoms with Gasteiger partial charge in [-0.25, -0.2) is 0 Å². The molecule has 0 aromatic rings. The number of aliphatic hydroxyl groups excluding tert-OH is 1. The van der Waals surface area contributed by atoms with Crippen molar-refractivity contribution in [1.29, 1.82) is 0 Å². The van der Waals surface area contributed by atoms with Crippen LogP contribution in [0.5, 0.6) is 0 Å². The third-order valence-corrected chi connectivity index (χ3v) is 5.45. The molecular formula is C18H37NO2. The van der Waals surface area contributed by atoms with Gasteiger partial charge in [0.15, 0.2) is 0 Å². The van der Waals surface area contributed by atoms with Crippen LogP contribution < -0.4 is 0 Å². The summed E-state index contributed by atoms with van der Waals surface area (Å²) in [5, 5.41) is 10.5. The van der Waals surface area contributed by atoms with Crippen molar-refractivity contribution in [2.45, 2.75) is 72.4 Å². The molecule has 3 atom stereocenters. The number of rotatable bonds is 8. The van der Waals surface area contributed by atoms with Crippen LogP contribution in [0.2, 0.25) is 0 Å². The normalized spacial score (nSPS) is 27.6. The van der Waals surface area contributed by atoms with Crippen molar-refractivity contribution in [3.05, 3.63) is 0 Å². The first-order valence-electron chi connectivity index (χ1n) is 8.72. The van der Waals surface area contributed by atoms with E-state index in [0.717, 1.165) is 39.0 Å². The largest absolute Gasteiger partial charge is 0.391 e. The quantitative estimate of drug-likeness (QED) is 0.744. The molecule has 3 nitrogen and oxygen atoms in total. The average molecular weight is 299 g/mol. The zero-order valence-electron chi connectivity index (χ0n) is 15.1. The molecule has 1 rings (SSSR count). The van der Waals surface area contributed by atoms with Gasteiger partial charge in [-0.15, -0.1) is 0 Å². The number of ether oxygens (including phenoxy) is 1. The maximum absolute atomic E-state index is 10.5. The first-order chi connectivity index (χ1) is 9.81. The van der Waals surface area contributed by atoms with Gasteiger partial charge >= 0.3 is 0 Å². The van der Waals surface area contributed by atoms with E-state index >= 15 is 0 Å². The molecule has 0 bridgehead atoms. The Bertz CT molecular complexity index is 291. The molecule has 0 aliphatic heterocycles. The van der Waals surface area contributed by atoms with E-state index in [1.54, 1.807) is 7.11 Å². The third kappa shape index (κ3) is 5.54. The fraction of sp³-hybridized carbons (Fsp3) is 1.00. The van der Waals surface area contributed by atoms with Crippen LogP contribution in [0.15, 0.2) is 0 Å². The summed E-state index contributed by atoms with van der Waals surface area (Å²) in [6.45, 7) is 14.3. The van der Waals surface area contributed by atoms with Gasteiger partial charge in [0.2, 0.25) is 0 Å². The van der Waals surface area contributed by atoms with Crippen LogP contribution in [-0.2, 0) is 4.74 Å². The Morgan fingerprint density at radius 1 is 1.29 bits per heavy atom. The van der Waals surface area contributed by atoms with Crippen molar-refractivity contribution in [2.75, 3.05) is 26.8 Å². The molecule has 0 aromatic heterocycles. The Morgan fingerprint density at radius 3 is 2.48 bits per heavy atom. The highest BCUT2D eigenvalue weighted by atomic mass is 16.5. The van der Waals surface area contributed by atoms with Gasteiger partial charge in [-0.3, -0.25) is 4.90 Å². The molecule has 3 unspecified atom stereocenters. The molecule has 1 fully saturated rings. The van der Waals surface area contributed by atoms with Crippen LogP contribution >= 0.6 is 0 Å². The van der Waals surface area contributed by atoms with Gasteiger partial charge in [0, 0.05) is 26.2 Å². The summed E-state index contributed by atoms with van der Waals surface area (Å²) < 4.78 is 5.27. The molecule has 126 valence electrons. The predicted molar refractivity (Wildman–Crippen MR) is 89.5 cm³/mol. The Labute approximate surface area is 132 Å². The highest BCUT2D eigenvalue weighted by Gasteiger charge is 2.38. The third-order valence-electron chi connectivity index (χ3n) is 5.45. The van der Waals surface area contributed by atoms with Crippen molar-refractivity contribution in [3.8, 4) is 0 Å². The SMILES string of the molecule is CCC(C)(C)C1CCC(O)C(N(CCOC)CC(C)C)C1. The lowest BCUT2D eigenvalue weighted by Gasteiger charge is -2.46. The van der Waals surface area contributed by atoms with Crippen LogP contribution in [0.4, 0.5) is 0 Å². The number of hydrogen-bond acceptors (Lipinski definition) is 3. The van der Waals surface area contributed by atoms with Gasteiger partial charge in [0.25, 0.3) is 0 Å². The van der Waals surface area contributed by atoms with E-state index in [0.29, 0.717) is 23.3 Å². The van der Waals surface area contributed by atoms with Crippen LogP contribution in [0.25, 0.3) is 0 Å². The molecule has 1 saturated carbocycles. The Balaban J connectivity index is 2.77. The molecule has 0 aromatic carbocycles. The minimum Gasteiger partial charge on any atom is -0.391 e. The van der Waals surface area contributed by atoms with Gasteiger partial charge in [-0.05, 0) is 36.5 Å². The molecule has 1 aliphatic rings. The summed E-state index contributed by atoms with van der Waals surface area (Å²) in [6.07, 6.45) is 4.27. The molecule has 3 heteroatoms. The van der Waals surface area contributed by atoms with Crippen LogP contribution in [-0.4, -0.2) is 49.0 Å². The second-order valence-corrected chi connectivity index (χ2v) is 7.87. The molecule has 1 N–H and O–H groups in total. The van der Waals surface area contributed by atoms with E-state index in [1.807, 2.05) is 0 Å². The number of aliphatic hydroxyl groups is 1. The maximum atomic E-state index is 10.5. The fourth-order valence-electron chi connectivity index (χ4n) is 3.59. The summed E-state index contributed by atoms with van der Waals surface area (Å²) >= 11 is 0. The predicted octanol–water partition coefficient (Wildman–Crippen LogP) is 3.56. The first-order valence-corrected chi connectivity index (χ1v) is 8.72. The van der Waals surface area contributed by atoms with Crippen molar-refractivity contribution >= 4 is 0 Å². The zero-order valence-corrected chi connectivity index (χ0v) is 15.1. The molecule has 0 spiro atoms. The Hall–Kier alpha value is -0.120. The molecule has 1 aliphatic carbocycles. The van der Waals surface area contributed by atoms with E-state index in [-0.39, 0.29) is 6.10 Å². The highest BCUT2D eigenvalue weighted by Crippen LogP contribution is 2.41. The standard InChI is InChI=1S/C18H37NO2/c1-7-18(4,5)15-8-9-17(20)16(12-15)19(10-11-21-6)13-14(2)3/h14-17,20H,7-13H2,1-6H3. The summed E-state index contributed by atoms with van der Waals surface area (Å²) in [5.41, 5.74) is 0.378. The second kappa shape index (κ2) is 8.50. The maximum Gasteiger partial charge on any atom is 0.0695 e. The Morgan fingerprint density at radius 2 is 1.95 bits per heavy atom. The molecule has 0 heterocycles. The summed E-state index contributed by atoms with van der Waals surface area (Å²) in [4.78, 5) is 2.47. The lowest BCUT2D eigenvalue weighted by atomic mass is 9.67. The number of nitrogens with zero attached hydrogens (tertiary/aromatic N) is 1. The van der Waals surface area contributed by atoms with E-state index in [1.165, 1.54) is 6.42 Å². The van der Waals surface area contributed by atoms with Gasteiger partial charge < -0.3 is 9.84 Å². The summed E-state index contributed by atoms with van der Waals surface area (Å²) in [6, 6.07) is 0.298. The van der Waals surface area contributed by atoms with Crippen LogP contribution in [0, 0.1) is 17.3 Å². The second-order valence-electron chi connectivity index (χ2n) is 7.87. The van der Waals surface area contributed by atoms with Gasteiger partial charge in [0.05, 0.1) is 12.7 Å². The van der Waals surface area contributed by atoms with Crippen molar-refractivity contribution in [3.63, 3.8) is 0 Å². The smallest absolute Gasteiger partial charge is 0.0695 e. The summed E-state index contributed by atoms with van der Waals surface area (Å²) in [7, 11) is 1.76.